The maximum absolute atomic E-state index is 11.5. The van der Waals surface area contributed by atoms with Crippen LogP contribution >= 0.6 is 23.2 Å². The van der Waals surface area contributed by atoms with E-state index >= 15 is 0 Å². The van der Waals surface area contributed by atoms with Crippen molar-refractivity contribution in [2.45, 2.75) is 0 Å². The Morgan fingerprint density at radius 2 is 1.90 bits per heavy atom. The fourth-order valence-corrected chi connectivity index (χ4v) is 1.59. The van der Waals surface area contributed by atoms with Gasteiger partial charge in [-0.15, -0.1) is 0 Å². The van der Waals surface area contributed by atoms with E-state index in [0.29, 0.717) is 28.9 Å². The number of benzene rings is 1. The predicted octanol–water partition coefficient (Wildman–Crippen LogP) is 1.25. The molecule has 0 aliphatic carbocycles. The Morgan fingerprint density at radius 3 is 2.57 bits per heavy atom. The Labute approximate surface area is 132 Å². The number of rotatable bonds is 8. The van der Waals surface area contributed by atoms with Gasteiger partial charge >= 0.3 is 0 Å². The van der Waals surface area contributed by atoms with Gasteiger partial charge in [0.1, 0.15) is 5.75 Å². The zero-order chi connectivity index (χ0) is 15.7. The topological polar surface area (TPSA) is 76.7 Å². The Kier molecular flexibility index (Phi) is 7.89. The van der Waals surface area contributed by atoms with Crippen LogP contribution in [0.1, 0.15) is 0 Å². The molecule has 2 amide bonds. The van der Waals surface area contributed by atoms with Crippen LogP contribution in [0.2, 0.25) is 10.0 Å². The fraction of sp³-hybridized carbons (Fsp3) is 0.385. The fourth-order valence-electron chi connectivity index (χ4n) is 1.30. The summed E-state index contributed by atoms with van der Waals surface area (Å²) >= 11 is 11.6. The average Bonchev–Trinajstić information content (AvgIpc) is 2.46. The standard InChI is InChI=1S/C13H16Cl2N2O4/c1-20-5-4-16-12(18)7-17-13(19)8-21-9-2-3-10(14)11(15)6-9/h2-3,6H,4-5,7-8H2,1H3,(H,16,18)(H,17,19). The lowest BCUT2D eigenvalue weighted by atomic mass is 10.3. The molecule has 6 nitrogen and oxygen atoms in total. The summed E-state index contributed by atoms with van der Waals surface area (Å²) in [6.45, 7) is 0.474. The van der Waals surface area contributed by atoms with E-state index in [9.17, 15) is 9.59 Å². The molecule has 0 atom stereocenters. The Balaban J connectivity index is 2.24. The van der Waals surface area contributed by atoms with Crippen molar-refractivity contribution < 1.29 is 19.1 Å². The second-order valence-corrected chi connectivity index (χ2v) is 4.80. The van der Waals surface area contributed by atoms with E-state index < -0.39 is 5.91 Å². The number of hydrogen-bond acceptors (Lipinski definition) is 4. The molecule has 0 spiro atoms. The number of hydrogen-bond donors (Lipinski definition) is 2. The minimum absolute atomic E-state index is 0.118. The zero-order valence-corrected chi connectivity index (χ0v) is 13.0. The second-order valence-electron chi connectivity index (χ2n) is 3.98. The Morgan fingerprint density at radius 1 is 1.14 bits per heavy atom. The van der Waals surface area contributed by atoms with E-state index in [-0.39, 0.29) is 19.1 Å². The lowest BCUT2D eigenvalue weighted by Crippen LogP contribution is -2.39. The molecule has 0 aromatic heterocycles. The Bertz CT molecular complexity index is 497. The van der Waals surface area contributed by atoms with Gasteiger partial charge in [0.05, 0.1) is 23.2 Å². The van der Waals surface area contributed by atoms with Gasteiger partial charge in [-0.25, -0.2) is 0 Å². The SMILES string of the molecule is COCCNC(=O)CNC(=O)COc1ccc(Cl)c(Cl)c1. The molecule has 8 heteroatoms. The molecule has 0 saturated carbocycles. The number of nitrogens with one attached hydrogen (secondary N) is 2. The molecule has 0 fully saturated rings. The van der Waals surface area contributed by atoms with Crippen molar-refractivity contribution >= 4 is 35.0 Å². The normalized spacial score (nSPS) is 10.0. The summed E-state index contributed by atoms with van der Waals surface area (Å²) in [5.41, 5.74) is 0. The highest BCUT2D eigenvalue weighted by Gasteiger charge is 2.07. The molecular weight excluding hydrogens is 319 g/mol. The summed E-state index contributed by atoms with van der Waals surface area (Å²) in [6.07, 6.45) is 0. The summed E-state index contributed by atoms with van der Waals surface area (Å²) in [5.74, 6) is -0.290. The molecule has 0 aliphatic heterocycles. The van der Waals surface area contributed by atoms with E-state index in [1.807, 2.05) is 0 Å². The third kappa shape index (κ3) is 7.17. The van der Waals surface area contributed by atoms with Crippen molar-refractivity contribution in [1.82, 2.24) is 10.6 Å². The van der Waals surface area contributed by atoms with Crippen LogP contribution in [0.15, 0.2) is 18.2 Å². The molecule has 1 aromatic carbocycles. The average molecular weight is 335 g/mol. The summed E-state index contributed by atoms with van der Waals surface area (Å²) in [7, 11) is 1.54. The van der Waals surface area contributed by atoms with Crippen LogP contribution in [0.3, 0.4) is 0 Å². The lowest BCUT2D eigenvalue weighted by Gasteiger charge is -2.08. The number of methoxy groups -OCH3 is 1. The summed E-state index contributed by atoms with van der Waals surface area (Å²) in [6, 6.07) is 4.67. The maximum atomic E-state index is 11.5. The first-order valence-corrected chi connectivity index (χ1v) is 6.88. The van der Waals surface area contributed by atoms with Gasteiger partial charge in [0.25, 0.3) is 5.91 Å². The molecule has 0 radical (unpaired) electrons. The van der Waals surface area contributed by atoms with E-state index in [1.165, 1.54) is 13.2 Å². The quantitative estimate of drug-likeness (QED) is 0.701. The number of carbonyl (C=O) groups is 2. The number of ether oxygens (including phenoxy) is 2. The maximum Gasteiger partial charge on any atom is 0.258 e. The lowest BCUT2D eigenvalue weighted by molar-refractivity contribution is -0.127. The largest absolute Gasteiger partial charge is 0.484 e. The summed E-state index contributed by atoms with van der Waals surface area (Å²) in [4.78, 5) is 22.8. The van der Waals surface area contributed by atoms with Gasteiger partial charge in [-0.3, -0.25) is 9.59 Å². The van der Waals surface area contributed by atoms with Crippen molar-refractivity contribution in [3.05, 3.63) is 28.2 Å². The summed E-state index contributed by atoms with van der Waals surface area (Å²) in [5, 5.41) is 5.75. The number of amides is 2. The van der Waals surface area contributed by atoms with Gasteiger partial charge in [0.2, 0.25) is 5.91 Å². The highest BCUT2D eigenvalue weighted by Crippen LogP contribution is 2.26. The molecular formula is C13H16Cl2N2O4. The van der Waals surface area contributed by atoms with Crippen LogP contribution in [0.4, 0.5) is 0 Å². The van der Waals surface area contributed by atoms with Crippen LogP contribution < -0.4 is 15.4 Å². The first-order chi connectivity index (χ1) is 10.0. The van der Waals surface area contributed by atoms with Gasteiger partial charge in [-0.2, -0.15) is 0 Å². The highest BCUT2D eigenvalue weighted by molar-refractivity contribution is 6.42. The molecule has 0 heterocycles. The van der Waals surface area contributed by atoms with Crippen LogP contribution in [-0.2, 0) is 14.3 Å². The molecule has 116 valence electrons. The third-order valence-electron chi connectivity index (χ3n) is 2.34. The van der Waals surface area contributed by atoms with E-state index in [0.717, 1.165) is 0 Å². The highest BCUT2D eigenvalue weighted by atomic mass is 35.5. The first kappa shape index (κ1) is 17.6. The molecule has 1 rings (SSSR count). The van der Waals surface area contributed by atoms with Gasteiger partial charge in [-0.05, 0) is 12.1 Å². The second kappa shape index (κ2) is 9.44. The van der Waals surface area contributed by atoms with Crippen LogP contribution in [-0.4, -0.2) is 45.2 Å². The predicted molar refractivity (Wildman–Crippen MR) is 79.9 cm³/mol. The molecule has 0 saturated heterocycles. The third-order valence-corrected chi connectivity index (χ3v) is 3.07. The van der Waals surface area contributed by atoms with Crippen molar-refractivity contribution in [2.75, 3.05) is 33.4 Å². The van der Waals surface area contributed by atoms with Gasteiger partial charge in [-0.1, -0.05) is 23.2 Å². The van der Waals surface area contributed by atoms with E-state index in [1.54, 1.807) is 12.1 Å². The van der Waals surface area contributed by atoms with Crippen LogP contribution in [0.5, 0.6) is 5.75 Å². The number of carbonyl (C=O) groups excluding carboxylic acids is 2. The minimum Gasteiger partial charge on any atom is -0.484 e. The monoisotopic (exact) mass is 334 g/mol. The Hall–Kier alpha value is -1.50. The van der Waals surface area contributed by atoms with Crippen molar-refractivity contribution in [3.8, 4) is 5.75 Å². The van der Waals surface area contributed by atoms with Crippen molar-refractivity contribution in [2.24, 2.45) is 0 Å². The van der Waals surface area contributed by atoms with Gasteiger partial charge in [0.15, 0.2) is 6.61 Å². The molecule has 0 bridgehead atoms. The van der Waals surface area contributed by atoms with Crippen molar-refractivity contribution in [3.63, 3.8) is 0 Å². The van der Waals surface area contributed by atoms with Crippen LogP contribution in [0, 0.1) is 0 Å². The minimum atomic E-state index is -0.414. The van der Waals surface area contributed by atoms with Gasteiger partial charge < -0.3 is 20.1 Å². The molecule has 2 N–H and O–H groups in total. The van der Waals surface area contributed by atoms with Crippen molar-refractivity contribution in [1.29, 1.82) is 0 Å². The molecule has 1 aromatic rings. The van der Waals surface area contributed by atoms with E-state index in [4.69, 9.17) is 32.7 Å². The summed E-state index contributed by atoms with van der Waals surface area (Å²) < 4.78 is 10.0. The molecule has 0 aliphatic rings. The zero-order valence-electron chi connectivity index (χ0n) is 11.4. The number of halogens is 2. The van der Waals surface area contributed by atoms with Crippen LogP contribution in [0.25, 0.3) is 0 Å². The van der Waals surface area contributed by atoms with Gasteiger partial charge in [0, 0.05) is 19.7 Å². The molecule has 0 unspecified atom stereocenters. The molecule has 21 heavy (non-hydrogen) atoms. The van der Waals surface area contributed by atoms with E-state index in [2.05, 4.69) is 10.6 Å². The first-order valence-electron chi connectivity index (χ1n) is 6.13. The smallest absolute Gasteiger partial charge is 0.258 e.